The number of nitrogens with one attached hydrogen (secondary N) is 2. The predicted octanol–water partition coefficient (Wildman–Crippen LogP) is 3.13. The average Bonchev–Trinajstić information content (AvgIpc) is 3.60. The second-order valence-corrected chi connectivity index (χ2v) is 11.1. The molecule has 1 aliphatic heterocycles. The molecule has 38 heavy (non-hydrogen) atoms. The molecule has 0 aliphatic carbocycles. The number of rotatable bonds is 12. The molecule has 0 unspecified atom stereocenters. The highest BCUT2D eigenvalue weighted by Gasteiger charge is 2.44. The summed E-state index contributed by atoms with van der Waals surface area (Å²) in [7, 11) is 2.95. The zero-order valence-electron chi connectivity index (χ0n) is 25.2. The van der Waals surface area contributed by atoms with Crippen molar-refractivity contribution in [3.63, 3.8) is 0 Å². The third kappa shape index (κ3) is 7.22. The molecule has 0 radical (unpaired) electrons. The van der Waals surface area contributed by atoms with Crippen LogP contribution in [-0.2, 0) is 14.3 Å². The zero-order chi connectivity index (χ0) is 30.2. The van der Waals surface area contributed by atoms with Gasteiger partial charge in [-0.25, -0.2) is 14.6 Å². The summed E-state index contributed by atoms with van der Waals surface area (Å²) in [5, 5.41) is 16.3. The van der Waals surface area contributed by atoms with E-state index in [9.17, 15) is 24.3 Å². The van der Waals surface area contributed by atoms with Crippen molar-refractivity contribution in [1.29, 1.82) is 0 Å². The third-order valence-electron chi connectivity index (χ3n) is 7.35. The summed E-state index contributed by atoms with van der Waals surface area (Å²) < 4.78 is 21.5. The lowest BCUT2D eigenvalue weighted by atomic mass is 9.91. The van der Waals surface area contributed by atoms with Crippen LogP contribution in [0.15, 0.2) is 5.38 Å². The van der Waals surface area contributed by atoms with E-state index in [1.165, 1.54) is 12.4 Å². The van der Waals surface area contributed by atoms with Crippen LogP contribution in [0.2, 0.25) is 0 Å². The SMILES string of the molecule is [2H]CN1CCC[C@@]1(C[2H])C(=O)N[C@H](C(=O)N(C)[C@H](C[C@@H](OC(=O)NC)c1nc(C(=O)O)cs1)C(C)C)[C@@H](C)CC. The summed E-state index contributed by atoms with van der Waals surface area (Å²) >= 11 is 1.06. The average molecular weight is 556 g/mol. The van der Waals surface area contributed by atoms with Gasteiger partial charge in [0.15, 0.2) is 11.8 Å². The van der Waals surface area contributed by atoms with Gasteiger partial charge in [-0.3, -0.25) is 14.5 Å². The van der Waals surface area contributed by atoms with Crippen LogP contribution < -0.4 is 10.6 Å². The first kappa shape index (κ1) is 28.3. The fraction of sp³-hybridized carbons (Fsp3) is 0.731. The van der Waals surface area contributed by atoms with Crippen molar-refractivity contribution in [2.45, 2.75) is 84.0 Å². The summed E-state index contributed by atoms with van der Waals surface area (Å²) in [6.45, 7) is 8.01. The third-order valence-corrected chi connectivity index (χ3v) is 8.29. The van der Waals surface area contributed by atoms with Crippen LogP contribution in [-0.4, -0.2) is 89.1 Å². The van der Waals surface area contributed by atoms with Gasteiger partial charge in [-0.05, 0) is 45.1 Å². The number of carbonyl (C=O) groups excluding carboxylic acids is 3. The first-order chi connectivity index (χ1) is 18.9. The highest BCUT2D eigenvalue weighted by atomic mass is 32.1. The van der Waals surface area contributed by atoms with E-state index in [1.54, 1.807) is 16.8 Å². The maximum atomic E-state index is 14.0. The molecule has 214 valence electrons. The van der Waals surface area contributed by atoms with Crippen LogP contribution in [0, 0.1) is 11.8 Å². The highest BCUT2D eigenvalue weighted by molar-refractivity contribution is 7.09. The first-order valence-electron chi connectivity index (χ1n) is 14.3. The molecule has 1 aromatic heterocycles. The van der Waals surface area contributed by atoms with Gasteiger partial charge in [-0.1, -0.05) is 34.1 Å². The molecule has 1 saturated heterocycles. The van der Waals surface area contributed by atoms with Gasteiger partial charge < -0.3 is 25.4 Å². The second-order valence-electron chi connectivity index (χ2n) is 10.3. The molecule has 5 atom stereocenters. The normalized spacial score (nSPS) is 21.6. The molecule has 12 heteroatoms. The van der Waals surface area contributed by atoms with E-state index in [1.807, 2.05) is 27.7 Å². The number of likely N-dealkylation sites (tertiary alicyclic amines) is 1. The number of hydrogen-bond donors (Lipinski definition) is 3. The Balaban J connectivity index is 2.35. The molecule has 11 nitrogen and oxygen atoms in total. The fourth-order valence-electron chi connectivity index (χ4n) is 4.55. The van der Waals surface area contributed by atoms with Gasteiger partial charge in [0.05, 0.1) is 5.54 Å². The molecular formula is C26H43N5O6S. The van der Waals surface area contributed by atoms with E-state index >= 15 is 0 Å². The van der Waals surface area contributed by atoms with Crippen molar-refractivity contribution in [2.75, 3.05) is 27.7 Å². The number of carboxylic acid groups (broad SMARTS) is 1. The lowest BCUT2D eigenvalue weighted by Crippen LogP contribution is -2.60. The molecule has 3 amide bonds. The van der Waals surface area contributed by atoms with Crippen LogP contribution in [0.25, 0.3) is 0 Å². The maximum Gasteiger partial charge on any atom is 0.407 e. The minimum absolute atomic E-state index is 0.0925. The smallest absolute Gasteiger partial charge is 0.407 e. The van der Waals surface area contributed by atoms with Crippen LogP contribution in [0.3, 0.4) is 0 Å². The molecule has 0 bridgehead atoms. The molecule has 2 rings (SSSR count). The Morgan fingerprint density at radius 1 is 1.34 bits per heavy atom. The number of likely N-dealkylation sites (N-methyl/N-ethyl adjacent to an activating group) is 2. The molecule has 1 fully saturated rings. The van der Waals surface area contributed by atoms with Crippen LogP contribution >= 0.6 is 11.3 Å². The summed E-state index contributed by atoms with van der Waals surface area (Å²) in [4.78, 5) is 58.4. The highest BCUT2D eigenvalue weighted by Crippen LogP contribution is 2.31. The van der Waals surface area contributed by atoms with Crippen LogP contribution in [0.1, 0.15) is 84.6 Å². The number of aromatic nitrogens is 1. The van der Waals surface area contributed by atoms with Gasteiger partial charge in [-0.15, -0.1) is 11.3 Å². The Bertz CT molecular complexity index is 1040. The molecule has 0 saturated carbocycles. The Hall–Kier alpha value is -2.73. The number of nitrogens with zero attached hydrogens (tertiary/aromatic N) is 3. The Labute approximate surface area is 232 Å². The number of aromatic carboxylic acids is 1. The molecule has 0 aromatic carbocycles. The van der Waals surface area contributed by atoms with E-state index < -0.39 is 41.7 Å². The lowest BCUT2D eigenvalue weighted by Gasteiger charge is -2.38. The lowest BCUT2D eigenvalue weighted by molar-refractivity contribution is -0.142. The summed E-state index contributed by atoms with van der Waals surface area (Å²) in [5.74, 6) is -2.23. The zero-order valence-corrected chi connectivity index (χ0v) is 24.0. The van der Waals surface area contributed by atoms with E-state index in [0.717, 1.165) is 11.3 Å². The van der Waals surface area contributed by atoms with Crippen molar-refractivity contribution in [3.05, 3.63) is 16.1 Å². The maximum absolute atomic E-state index is 14.0. The van der Waals surface area contributed by atoms with E-state index in [2.05, 4.69) is 15.6 Å². The molecular weight excluding hydrogens is 510 g/mol. The summed E-state index contributed by atoms with van der Waals surface area (Å²) in [5.41, 5.74) is -1.30. The number of carboxylic acids is 1. The Morgan fingerprint density at radius 2 is 2.05 bits per heavy atom. The number of thiazole rings is 1. The number of ether oxygens (including phenoxy) is 1. The number of amides is 3. The van der Waals surface area contributed by atoms with Crippen molar-refractivity contribution in [3.8, 4) is 0 Å². The van der Waals surface area contributed by atoms with Gasteiger partial charge in [0, 0.05) is 34.7 Å². The van der Waals surface area contributed by atoms with Gasteiger partial charge in [0.25, 0.3) is 0 Å². The van der Waals surface area contributed by atoms with E-state index in [0.29, 0.717) is 30.8 Å². The van der Waals surface area contributed by atoms with Crippen molar-refractivity contribution < 1.29 is 31.8 Å². The first-order valence-corrected chi connectivity index (χ1v) is 13.7. The minimum atomic E-state index is -1.20. The predicted molar refractivity (Wildman–Crippen MR) is 145 cm³/mol. The molecule has 3 N–H and O–H groups in total. The standard InChI is InChI=1S/C26H43N5O6S/c1-9-16(4)20(29-24(35)26(5)11-10-12-30(26)7)22(32)31(8)18(15(2)3)13-19(37-25(36)27-6)21-28-17(14-38-21)23(33)34/h14-16,18-20H,9-13H2,1-8H3,(H,27,36)(H,29,35)(H,33,34)/t16-,18+,19+,20-,26-/m0/s1/i5D,7D. The Morgan fingerprint density at radius 3 is 2.58 bits per heavy atom. The summed E-state index contributed by atoms with van der Waals surface area (Å²) in [6.07, 6.45) is 0.312. The van der Waals surface area contributed by atoms with Crippen molar-refractivity contribution in [2.24, 2.45) is 11.8 Å². The van der Waals surface area contributed by atoms with Gasteiger partial charge in [0.1, 0.15) is 11.0 Å². The molecule has 1 aliphatic rings. The Kier molecular flexibility index (Phi) is 9.95. The van der Waals surface area contributed by atoms with Gasteiger partial charge >= 0.3 is 12.1 Å². The van der Waals surface area contributed by atoms with Crippen molar-refractivity contribution in [1.82, 2.24) is 25.4 Å². The van der Waals surface area contributed by atoms with E-state index in [-0.39, 0.29) is 43.8 Å². The van der Waals surface area contributed by atoms with Crippen LogP contribution in [0.4, 0.5) is 4.79 Å². The minimum Gasteiger partial charge on any atom is -0.476 e. The molecule has 0 spiro atoms. The quantitative estimate of drug-likeness (QED) is 0.357. The summed E-state index contributed by atoms with van der Waals surface area (Å²) in [6, 6.07) is -1.32. The van der Waals surface area contributed by atoms with Gasteiger partial charge in [-0.2, -0.15) is 0 Å². The van der Waals surface area contributed by atoms with Gasteiger partial charge in [0.2, 0.25) is 11.8 Å². The number of carbonyl (C=O) groups is 4. The van der Waals surface area contributed by atoms with E-state index in [4.69, 9.17) is 7.48 Å². The van der Waals surface area contributed by atoms with Crippen molar-refractivity contribution >= 4 is 35.2 Å². The number of alkyl carbamates (subject to hydrolysis) is 1. The fourth-order valence-corrected chi connectivity index (χ4v) is 5.38. The second kappa shape index (κ2) is 13.4. The monoisotopic (exact) mass is 555 g/mol. The van der Waals surface area contributed by atoms with Crippen LogP contribution in [0.5, 0.6) is 0 Å². The number of hydrogen-bond acceptors (Lipinski definition) is 8. The molecule has 1 aromatic rings. The molecule has 2 heterocycles. The topological polar surface area (TPSA) is 141 Å². The largest absolute Gasteiger partial charge is 0.476 e.